The van der Waals surface area contributed by atoms with Crippen LogP contribution in [0.15, 0.2) is 42.9 Å². The molecule has 1 saturated heterocycles. The number of hydrogen-bond acceptors (Lipinski definition) is 8. The molecule has 0 spiro atoms. The molecule has 0 radical (unpaired) electrons. The number of ether oxygens (including phenoxy) is 1. The van der Waals surface area contributed by atoms with Crippen LogP contribution in [0.4, 0.5) is 4.79 Å². The summed E-state index contributed by atoms with van der Waals surface area (Å²) in [6, 6.07) is 7.57. The maximum atomic E-state index is 13.6. The van der Waals surface area contributed by atoms with Gasteiger partial charge in [-0.3, -0.25) is 9.59 Å². The number of rotatable bonds is 8. The van der Waals surface area contributed by atoms with Gasteiger partial charge in [0.15, 0.2) is 11.6 Å². The lowest BCUT2D eigenvalue weighted by Gasteiger charge is -2.39. The Bertz CT molecular complexity index is 1390. The van der Waals surface area contributed by atoms with E-state index in [-0.39, 0.29) is 29.9 Å². The van der Waals surface area contributed by atoms with Crippen LogP contribution >= 0.6 is 11.3 Å². The van der Waals surface area contributed by atoms with Crippen LogP contribution in [0, 0.1) is 6.92 Å². The van der Waals surface area contributed by atoms with Crippen LogP contribution in [0.5, 0.6) is 0 Å². The van der Waals surface area contributed by atoms with Gasteiger partial charge >= 0.3 is 6.09 Å². The average molecular weight is 576 g/mol. The molecule has 2 amide bonds. The fraction of sp³-hybridized carbons (Fsp3) is 0.484. The second kappa shape index (κ2) is 12.1. The Balaban J connectivity index is 1.18. The second-order valence-corrected chi connectivity index (χ2v) is 13.1. The van der Waals surface area contributed by atoms with E-state index in [1.165, 1.54) is 0 Å². The summed E-state index contributed by atoms with van der Waals surface area (Å²) in [5.74, 6) is 0.511. The molecule has 216 valence electrons. The van der Waals surface area contributed by atoms with Gasteiger partial charge in [-0.25, -0.2) is 19.7 Å². The molecule has 9 nitrogen and oxygen atoms in total. The molecule has 0 N–H and O–H groups in total. The number of benzene rings is 1. The molecule has 0 bridgehead atoms. The van der Waals surface area contributed by atoms with E-state index in [0.29, 0.717) is 42.9 Å². The van der Waals surface area contributed by atoms with Crippen LogP contribution in [0.3, 0.4) is 0 Å². The number of thiazole rings is 1. The minimum absolute atomic E-state index is 0.0638. The summed E-state index contributed by atoms with van der Waals surface area (Å²) in [4.78, 5) is 56.8. The number of nitrogens with zero attached hydrogens (tertiary/aromatic N) is 5. The predicted octanol–water partition coefficient (Wildman–Crippen LogP) is 5.73. The van der Waals surface area contributed by atoms with E-state index >= 15 is 0 Å². The van der Waals surface area contributed by atoms with Crippen molar-refractivity contribution in [2.45, 2.75) is 83.9 Å². The third kappa shape index (κ3) is 7.35. The second-order valence-electron chi connectivity index (χ2n) is 11.8. The van der Waals surface area contributed by atoms with Gasteiger partial charge in [0.25, 0.3) is 5.91 Å². The number of carbonyl (C=O) groups is 3. The van der Waals surface area contributed by atoms with E-state index < -0.39 is 5.60 Å². The quantitative estimate of drug-likeness (QED) is 0.316. The monoisotopic (exact) mass is 575 g/mol. The summed E-state index contributed by atoms with van der Waals surface area (Å²) in [6.45, 7) is 8.73. The standard InChI is InChI=1S/C31H37N5O4S/c1-20-17-32-27(41-20)12-11-26(37)21-5-7-22(8-6-21)28-33-18-23(19-34-28)29(38)36(24-9-10-24)25-13-15-35(16-14-25)30(39)40-31(2,3)4/h5-8,17-19,24-25H,9-16H2,1-4H3. The topological polar surface area (TPSA) is 106 Å². The SMILES string of the molecule is Cc1cnc(CCC(=O)c2ccc(-c3ncc(C(=O)N(C4CC4)C4CCN(C(=O)OC(C)(C)C)CC4)cn3)cc2)s1. The largest absolute Gasteiger partial charge is 0.444 e. The van der Waals surface area contributed by atoms with Crippen LogP contribution in [0.1, 0.15) is 83.5 Å². The van der Waals surface area contributed by atoms with E-state index in [1.54, 1.807) is 40.8 Å². The molecule has 1 aliphatic heterocycles. The van der Waals surface area contributed by atoms with Gasteiger partial charge in [0.05, 0.1) is 10.6 Å². The molecule has 10 heteroatoms. The first-order valence-electron chi connectivity index (χ1n) is 14.2. The number of aryl methyl sites for hydroxylation is 2. The summed E-state index contributed by atoms with van der Waals surface area (Å²) in [5.41, 5.74) is 1.35. The highest BCUT2D eigenvalue weighted by Gasteiger charge is 2.40. The summed E-state index contributed by atoms with van der Waals surface area (Å²) < 4.78 is 5.51. The molecule has 3 aromatic rings. The summed E-state index contributed by atoms with van der Waals surface area (Å²) in [7, 11) is 0. The van der Waals surface area contributed by atoms with Crippen molar-refractivity contribution in [1.29, 1.82) is 0 Å². The van der Waals surface area contributed by atoms with Crippen molar-refractivity contribution in [3.05, 3.63) is 63.9 Å². The zero-order chi connectivity index (χ0) is 29.1. The normalized spacial score (nSPS) is 16.0. The molecule has 41 heavy (non-hydrogen) atoms. The van der Waals surface area contributed by atoms with Crippen LogP contribution in [0.2, 0.25) is 0 Å². The van der Waals surface area contributed by atoms with Gasteiger partial charge in [-0.1, -0.05) is 24.3 Å². The summed E-state index contributed by atoms with van der Waals surface area (Å²) >= 11 is 1.62. The number of ketones is 1. The Labute approximate surface area is 245 Å². The molecule has 0 atom stereocenters. The number of carbonyl (C=O) groups excluding carboxylic acids is 3. The van der Waals surface area contributed by atoms with E-state index in [2.05, 4.69) is 15.0 Å². The van der Waals surface area contributed by atoms with Gasteiger partial charge in [-0.05, 0) is 53.4 Å². The predicted molar refractivity (Wildman–Crippen MR) is 157 cm³/mol. The number of aromatic nitrogens is 3. The van der Waals surface area contributed by atoms with Crippen molar-refractivity contribution in [3.8, 4) is 11.4 Å². The molecule has 0 unspecified atom stereocenters. The zero-order valence-corrected chi connectivity index (χ0v) is 24.9. The van der Waals surface area contributed by atoms with Gasteiger partial charge in [-0.2, -0.15) is 0 Å². The van der Waals surface area contributed by atoms with Crippen LogP contribution in [-0.4, -0.2) is 73.3 Å². The smallest absolute Gasteiger partial charge is 0.410 e. The lowest BCUT2D eigenvalue weighted by molar-refractivity contribution is 0.0142. The van der Waals surface area contributed by atoms with Gasteiger partial charge < -0.3 is 14.5 Å². The van der Waals surface area contributed by atoms with Gasteiger partial charge in [-0.15, -0.1) is 11.3 Å². The molecule has 2 fully saturated rings. The highest BCUT2D eigenvalue weighted by molar-refractivity contribution is 7.11. The molecular weight excluding hydrogens is 538 g/mol. The van der Waals surface area contributed by atoms with Crippen molar-refractivity contribution in [3.63, 3.8) is 0 Å². The minimum atomic E-state index is -0.531. The number of amides is 2. The molecule has 5 rings (SSSR count). The van der Waals surface area contributed by atoms with Crippen molar-refractivity contribution in [1.82, 2.24) is 24.8 Å². The lowest BCUT2D eigenvalue weighted by atomic mass is 10.0. The minimum Gasteiger partial charge on any atom is -0.444 e. The average Bonchev–Trinajstić information content (AvgIpc) is 3.70. The van der Waals surface area contributed by atoms with Crippen LogP contribution in [0.25, 0.3) is 11.4 Å². The van der Waals surface area contributed by atoms with E-state index in [4.69, 9.17) is 4.74 Å². The number of likely N-dealkylation sites (tertiary alicyclic amines) is 1. The summed E-state index contributed by atoms with van der Waals surface area (Å²) in [5, 5.41) is 0.974. The van der Waals surface area contributed by atoms with Gasteiger partial charge in [0.2, 0.25) is 0 Å². The first kappa shape index (κ1) is 28.9. The fourth-order valence-electron chi connectivity index (χ4n) is 5.06. The third-order valence-electron chi connectivity index (χ3n) is 7.28. The Morgan fingerprint density at radius 3 is 2.12 bits per heavy atom. The third-order valence-corrected chi connectivity index (χ3v) is 8.26. The highest BCUT2D eigenvalue weighted by atomic mass is 32.1. The molecular formula is C31H37N5O4S. The van der Waals surface area contributed by atoms with Crippen molar-refractivity contribution in [2.24, 2.45) is 0 Å². The maximum absolute atomic E-state index is 13.6. The first-order chi connectivity index (χ1) is 19.6. The van der Waals surface area contributed by atoms with E-state index in [1.807, 2.05) is 50.9 Å². The Morgan fingerprint density at radius 1 is 0.927 bits per heavy atom. The molecule has 1 saturated carbocycles. The van der Waals surface area contributed by atoms with Crippen LogP contribution in [-0.2, 0) is 11.2 Å². The molecule has 1 aromatic carbocycles. The van der Waals surface area contributed by atoms with E-state index in [0.717, 1.165) is 41.1 Å². The van der Waals surface area contributed by atoms with E-state index in [9.17, 15) is 14.4 Å². The highest BCUT2D eigenvalue weighted by Crippen LogP contribution is 2.33. The molecule has 3 heterocycles. The first-order valence-corrected chi connectivity index (χ1v) is 15.1. The molecule has 1 aliphatic carbocycles. The van der Waals surface area contributed by atoms with Crippen molar-refractivity contribution >= 4 is 29.1 Å². The zero-order valence-electron chi connectivity index (χ0n) is 24.1. The molecule has 2 aliphatic rings. The van der Waals surface area contributed by atoms with Crippen molar-refractivity contribution < 1.29 is 19.1 Å². The lowest BCUT2D eigenvalue weighted by Crippen LogP contribution is -2.50. The Hall–Kier alpha value is -3.66. The van der Waals surface area contributed by atoms with Crippen molar-refractivity contribution in [2.75, 3.05) is 13.1 Å². The maximum Gasteiger partial charge on any atom is 0.410 e. The molecule has 2 aromatic heterocycles. The number of piperidine rings is 1. The van der Waals surface area contributed by atoms with Gasteiger partial charge in [0, 0.05) is 72.6 Å². The fourth-order valence-corrected chi connectivity index (χ4v) is 5.85. The number of hydrogen-bond donors (Lipinski definition) is 0. The Morgan fingerprint density at radius 2 is 1.56 bits per heavy atom. The van der Waals surface area contributed by atoms with Gasteiger partial charge in [0.1, 0.15) is 5.60 Å². The summed E-state index contributed by atoms with van der Waals surface area (Å²) in [6.07, 6.45) is 9.18. The Kier molecular flexibility index (Phi) is 8.49. The van der Waals surface area contributed by atoms with Crippen LogP contribution < -0.4 is 0 Å². The number of Topliss-reactive ketones (excluding diaryl/α,β-unsaturated/α-hetero) is 1.